The number of esters is 1. The highest BCUT2D eigenvalue weighted by Crippen LogP contribution is 2.39. The first-order chi connectivity index (χ1) is 16.8. The minimum Gasteiger partial charge on any atom is -0.426 e. The summed E-state index contributed by atoms with van der Waals surface area (Å²) in [6.07, 6.45) is 5.20. The van der Waals surface area contributed by atoms with Crippen molar-refractivity contribution in [1.82, 2.24) is 4.90 Å². The monoisotopic (exact) mass is 472 g/mol. The summed E-state index contributed by atoms with van der Waals surface area (Å²) in [7, 11) is 0. The van der Waals surface area contributed by atoms with Crippen molar-refractivity contribution < 1.29 is 23.9 Å². The summed E-state index contributed by atoms with van der Waals surface area (Å²) in [5.74, 6) is -1.70. The molecule has 0 bridgehead atoms. The molecule has 1 aliphatic carbocycles. The fraction of sp³-hybridized carbons (Fsp3) is 0.357. The van der Waals surface area contributed by atoms with Crippen LogP contribution in [0.15, 0.2) is 60.7 Å². The van der Waals surface area contributed by atoms with E-state index in [1.807, 2.05) is 49.4 Å². The van der Waals surface area contributed by atoms with Crippen LogP contribution in [0, 0.1) is 24.7 Å². The van der Waals surface area contributed by atoms with Crippen LogP contribution in [0.25, 0.3) is 0 Å². The standard InChI is InChI=1S/C28H28N2O5/c1-17-14-21(12-13-24(17)30-26(32)22-10-6-7-11-23(22)27(30)33)35-28(34)20-15-25(31)29(16-20)18(2)19-8-4-3-5-9-19/h3-9,12-14,18,20,22-23H,10-11,15-16H2,1-2H3/t18-,20-,22-,23-/m1/s1. The lowest BCUT2D eigenvalue weighted by Gasteiger charge is -2.25. The molecule has 4 atom stereocenters. The largest absolute Gasteiger partial charge is 0.426 e. The van der Waals surface area contributed by atoms with Gasteiger partial charge in [-0.1, -0.05) is 42.5 Å². The predicted octanol–water partition coefficient (Wildman–Crippen LogP) is 3.97. The summed E-state index contributed by atoms with van der Waals surface area (Å²) in [5, 5.41) is 0. The molecule has 0 N–H and O–H groups in total. The number of anilines is 1. The first-order valence-electron chi connectivity index (χ1n) is 12.0. The average Bonchev–Trinajstić information content (AvgIpc) is 3.37. The van der Waals surface area contributed by atoms with Gasteiger partial charge in [-0.3, -0.25) is 19.2 Å². The van der Waals surface area contributed by atoms with Crippen molar-refractivity contribution in [3.8, 4) is 5.75 Å². The van der Waals surface area contributed by atoms with Crippen LogP contribution in [0.5, 0.6) is 5.75 Å². The van der Waals surface area contributed by atoms with E-state index in [1.54, 1.807) is 30.0 Å². The number of aryl methyl sites for hydroxylation is 1. The molecule has 0 spiro atoms. The highest BCUT2D eigenvalue weighted by Gasteiger charge is 2.48. The smallest absolute Gasteiger partial charge is 0.316 e. The van der Waals surface area contributed by atoms with Gasteiger partial charge in [-0.15, -0.1) is 0 Å². The molecule has 180 valence electrons. The number of ether oxygens (including phenoxy) is 1. The fourth-order valence-electron chi connectivity index (χ4n) is 5.35. The predicted molar refractivity (Wildman–Crippen MR) is 129 cm³/mol. The fourth-order valence-corrected chi connectivity index (χ4v) is 5.35. The second kappa shape index (κ2) is 9.13. The van der Waals surface area contributed by atoms with E-state index in [0.29, 0.717) is 36.4 Å². The maximum atomic E-state index is 12.9. The lowest BCUT2D eigenvalue weighted by atomic mass is 9.85. The summed E-state index contributed by atoms with van der Waals surface area (Å²) in [5.41, 5.74) is 2.21. The number of hydrogen-bond acceptors (Lipinski definition) is 5. The van der Waals surface area contributed by atoms with Gasteiger partial charge in [-0.25, -0.2) is 4.90 Å². The molecule has 0 unspecified atom stereocenters. The molecule has 2 aliphatic heterocycles. The third kappa shape index (κ3) is 4.16. The number of nitrogens with zero attached hydrogens (tertiary/aromatic N) is 2. The maximum absolute atomic E-state index is 12.9. The van der Waals surface area contributed by atoms with Gasteiger partial charge in [0.05, 0.1) is 29.5 Å². The molecular weight excluding hydrogens is 444 g/mol. The van der Waals surface area contributed by atoms with Gasteiger partial charge in [0.25, 0.3) is 0 Å². The van der Waals surface area contributed by atoms with E-state index in [1.165, 1.54) is 4.90 Å². The van der Waals surface area contributed by atoms with Crippen molar-refractivity contribution in [2.24, 2.45) is 17.8 Å². The van der Waals surface area contributed by atoms with Crippen molar-refractivity contribution >= 4 is 29.4 Å². The van der Waals surface area contributed by atoms with Gasteiger partial charge in [-0.05, 0) is 56.0 Å². The average molecular weight is 473 g/mol. The third-order valence-electron chi connectivity index (χ3n) is 7.38. The number of benzene rings is 2. The van der Waals surface area contributed by atoms with Gasteiger partial charge < -0.3 is 9.64 Å². The van der Waals surface area contributed by atoms with E-state index in [0.717, 1.165) is 5.56 Å². The Labute approximate surface area is 204 Å². The Bertz CT molecular complexity index is 1200. The molecular formula is C28H28N2O5. The van der Waals surface area contributed by atoms with E-state index in [-0.39, 0.29) is 42.0 Å². The van der Waals surface area contributed by atoms with Crippen LogP contribution < -0.4 is 9.64 Å². The molecule has 2 fully saturated rings. The number of carbonyl (C=O) groups is 4. The molecule has 0 aromatic heterocycles. The van der Waals surface area contributed by atoms with E-state index in [4.69, 9.17) is 4.74 Å². The van der Waals surface area contributed by atoms with Crippen molar-refractivity contribution in [2.75, 3.05) is 11.4 Å². The van der Waals surface area contributed by atoms with E-state index >= 15 is 0 Å². The molecule has 3 aliphatic rings. The number of fused-ring (bicyclic) bond motifs is 1. The van der Waals surface area contributed by atoms with Crippen LogP contribution in [0.2, 0.25) is 0 Å². The Morgan fingerprint density at radius 1 is 0.971 bits per heavy atom. The molecule has 35 heavy (non-hydrogen) atoms. The van der Waals surface area contributed by atoms with E-state index in [2.05, 4.69) is 0 Å². The number of amides is 3. The van der Waals surface area contributed by atoms with E-state index < -0.39 is 11.9 Å². The van der Waals surface area contributed by atoms with Crippen molar-refractivity contribution in [1.29, 1.82) is 0 Å². The second-order valence-corrected chi connectivity index (χ2v) is 9.57. The first-order valence-corrected chi connectivity index (χ1v) is 12.0. The molecule has 5 rings (SSSR count). The first kappa shape index (κ1) is 23.0. The number of hydrogen-bond donors (Lipinski definition) is 0. The SMILES string of the molecule is Cc1cc(OC(=O)[C@@H]2CC(=O)N([C@H](C)c3ccccc3)C2)ccc1N1C(=O)[C@@H]2CC=CC[C@H]2C1=O. The summed E-state index contributed by atoms with van der Waals surface area (Å²) in [6, 6.07) is 14.5. The zero-order valence-electron chi connectivity index (χ0n) is 19.8. The summed E-state index contributed by atoms with van der Waals surface area (Å²) >= 11 is 0. The minimum atomic E-state index is -0.550. The maximum Gasteiger partial charge on any atom is 0.316 e. The second-order valence-electron chi connectivity index (χ2n) is 9.57. The number of carbonyl (C=O) groups excluding carboxylic acids is 4. The van der Waals surface area contributed by atoms with Gasteiger partial charge in [-0.2, -0.15) is 0 Å². The lowest BCUT2D eigenvalue weighted by molar-refractivity contribution is -0.139. The number of likely N-dealkylation sites (tertiary alicyclic amines) is 1. The highest BCUT2D eigenvalue weighted by molar-refractivity contribution is 6.22. The van der Waals surface area contributed by atoms with Crippen LogP contribution in [-0.4, -0.2) is 35.1 Å². The minimum absolute atomic E-state index is 0.0724. The Hall–Kier alpha value is -3.74. The van der Waals surface area contributed by atoms with Crippen LogP contribution in [0.4, 0.5) is 5.69 Å². The Morgan fingerprint density at radius 2 is 1.63 bits per heavy atom. The number of rotatable bonds is 5. The molecule has 0 saturated carbocycles. The number of imide groups is 1. The zero-order valence-corrected chi connectivity index (χ0v) is 19.8. The molecule has 2 saturated heterocycles. The quantitative estimate of drug-likeness (QED) is 0.285. The molecule has 7 heteroatoms. The van der Waals surface area contributed by atoms with Gasteiger partial charge >= 0.3 is 5.97 Å². The summed E-state index contributed by atoms with van der Waals surface area (Å²) in [6.45, 7) is 4.05. The molecule has 7 nitrogen and oxygen atoms in total. The van der Waals surface area contributed by atoms with Crippen LogP contribution >= 0.6 is 0 Å². The molecule has 2 aromatic carbocycles. The van der Waals surface area contributed by atoms with Gasteiger partial charge in [0.15, 0.2) is 0 Å². The topological polar surface area (TPSA) is 84.0 Å². The van der Waals surface area contributed by atoms with Gasteiger partial charge in [0, 0.05) is 13.0 Å². The van der Waals surface area contributed by atoms with Crippen LogP contribution in [-0.2, 0) is 19.2 Å². The third-order valence-corrected chi connectivity index (χ3v) is 7.38. The van der Waals surface area contributed by atoms with Crippen molar-refractivity contribution in [3.05, 3.63) is 71.8 Å². The van der Waals surface area contributed by atoms with Gasteiger partial charge in [0.1, 0.15) is 5.75 Å². The van der Waals surface area contributed by atoms with E-state index in [9.17, 15) is 19.2 Å². The Balaban J connectivity index is 1.26. The lowest BCUT2D eigenvalue weighted by Crippen LogP contribution is -2.31. The van der Waals surface area contributed by atoms with Crippen molar-refractivity contribution in [3.63, 3.8) is 0 Å². The molecule has 0 radical (unpaired) electrons. The molecule has 3 amide bonds. The van der Waals surface area contributed by atoms with Gasteiger partial charge in [0.2, 0.25) is 17.7 Å². The number of allylic oxidation sites excluding steroid dienone is 2. The van der Waals surface area contributed by atoms with Crippen LogP contribution in [0.3, 0.4) is 0 Å². The Kier molecular flexibility index (Phi) is 6.01. The van der Waals surface area contributed by atoms with Crippen LogP contribution in [0.1, 0.15) is 43.4 Å². The highest BCUT2D eigenvalue weighted by atomic mass is 16.5. The normalized spacial score (nSPS) is 24.6. The van der Waals surface area contributed by atoms with Crippen molar-refractivity contribution in [2.45, 2.75) is 39.2 Å². The summed E-state index contributed by atoms with van der Waals surface area (Å²) in [4.78, 5) is 54.3. The zero-order chi connectivity index (χ0) is 24.7. The Morgan fingerprint density at radius 3 is 2.26 bits per heavy atom. The molecule has 2 aromatic rings. The summed E-state index contributed by atoms with van der Waals surface area (Å²) < 4.78 is 5.61. The molecule has 2 heterocycles.